The molecule has 2 aromatic carbocycles. The minimum Gasteiger partial charge on any atom is -0.410 e. The van der Waals surface area contributed by atoms with Crippen molar-refractivity contribution in [2.75, 3.05) is 0 Å². The molecule has 34 heavy (non-hydrogen) atoms. The van der Waals surface area contributed by atoms with Crippen molar-refractivity contribution in [3.05, 3.63) is 92.3 Å². The third-order valence-electron chi connectivity index (χ3n) is 5.45. The van der Waals surface area contributed by atoms with Crippen LogP contribution in [0.2, 0.25) is 5.02 Å². The summed E-state index contributed by atoms with van der Waals surface area (Å²) in [6.07, 6.45) is 0.412. The molecule has 4 aromatic rings. The van der Waals surface area contributed by atoms with Crippen LogP contribution in [-0.4, -0.2) is 26.6 Å². The van der Waals surface area contributed by atoms with Crippen molar-refractivity contribution < 1.29 is 14.3 Å². The predicted molar refractivity (Wildman–Crippen MR) is 132 cm³/mol. The van der Waals surface area contributed by atoms with Crippen LogP contribution >= 0.6 is 22.9 Å². The Morgan fingerprint density at radius 1 is 1.09 bits per heavy atom. The number of carbonyl (C=O) groups is 2. The Labute approximate surface area is 206 Å². The van der Waals surface area contributed by atoms with Crippen LogP contribution in [0.15, 0.2) is 48.5 Å². The Morgan fingerprint density at radius 2 is 1.85 bits per heavy atom. The molecule has 0 radical (unpaired) electrons. The van der Waals surface area contributed by atoms with Crippen molar-refractivity contribution in [1.82, 2.24) is 14.8 Å². The second kappa shape index (κ2) is 9.79. The average Bonchev–Trinajstić information content (AvgIpc) is 3.38. The maximum atomic E-state index is 13.5. The van der Waals surface area contributed by atoms with Crippen LogP contribution in [0.1, 0.15) is 50.5 Å². The molecule has 1 amide bonds. The fourth-order valence-corrected chi connectivity index (χ4v) is 5.11. The molecule has 0 saturated carbocycles. The highest BCUT2D eigenvalue weighted by Crippen LogP contribution is 2.33. The summed E-state index contributed by atoms with van der Waals surface area (Å²) in [4.78, 5) is 25.6. The number of hydrogen-bond donors (Lipinski definition) is 1. The molecule has 0 aliphatic heterocycles. The van der Waals surface area contributed by atoms with Gasteiger partial charge in [-0.2, -0.15) is 0 Å². The van der Waals surface area contributed by atoms with Gasteiger partial charge < -0.3 is 10.5 Å². The summed E-state index contributed by atoms with van der Waals surface area (Å²) in [6.45, 7) is 5.84. The van der Waals surface area contributed by atoms with Gasteiger partial charge in [0.25, 0.3) is 0 Å². The largest absolute Gasteiger partial charge is 0.410 e. The number of amides is 1. The molecule has 2 aromatic heterocycles. The number of ether oxygens (including phenoxy) is 1. The zero-order chi connectivity index (χ0) is 24.4. The number of aromatic nitrogens is 3. The van der Waals surface area contributed by atoms with Gasteiger partial charge >= 0.3 is 6.09 Å². The SMILES string of the molecule is CCc1cc(C(=O)c2ccccc2Cl)c(-n2c(C)nnc2Cc2ccc(OC(N)=O)cc2C)s1. The molecule has 0 unspecified atom stereocenters. The van der Waals surface area contributed by atoms with Crippen LogP contribution in [0, 0.1) is 13.8 Å². The Hall–Kier alpha value is -3.49. The number of ketones is 1. The van der Waals surface area contributed by atoms with Crippen molar-refractivity contribution in [2.45, 2.75) is 33.6 Å². The van der Waals surface area contributed by atoms with Gasteiger partial charge in [-0.15, -0.1) is 21.5 Å². The van der Waals surface area contributed by atoms with E-state index < -0.39 is 6.09 Å². The lowest BCUT2D eigenvalue weighted by molar-refractivity contribution is 0.103. The van der Waals surface area contributed by atoms with Crippen molar-refractivity contribution in [2.24, 2.45) is 5.73 Å². The summed E-state index contributed by atoms with van der Waals surface area (Å²) in [6, 6.07) is 14.3. The average molecular weight is 495 g/mol. The van der Waals surface area contributed by atoms with Crippen LogP contribution < -0.4 is 10.5 Å². The Bertz CT molecular complexity index is 1390. The first kappa shape index (κ1) is 23.7. The molecule has 0 atom stereocenters. The number of carbonyl (C=O) groups excluding carboxylic acids is 2. The van der Waals surface area contributed by atoms with Gasteiger partial charge in [-0.3, -0.25) is 9.36 Å². The van der Waals surface area contributed by atoms with Crippen LogP contribution in [-0.2, 0) is 12.8 Å². The van der Waals surface area contributed by atoms with Crippen LogP contribution in [0.5, 0.6) is 5.75 Å². The van der Waals surface area contributed by atoms with Gasteiger partial charge in [0, 0.05) is 16.9 Å². The summed E-state index contributed by atoms with van der Waals surface area (Å²) >= 11 is 7.88. The molecule has 7 nitrogen and oxygen atoms in total. The maximum Gasteiger partial charge on any atom is 0.409 e. The smallest absolute Gasteiger partial charge is 0.409 e. The van der Waals surface area contributed by atoms with E-state index in [-0.39, 0.29) is 5.78 Å². The third-order valence-corrected chi connectivity index (χ3v) is 7.05. The Morgan fingerprint density at radius 3 is 2.53 bits per heavy atom. The van der Waals surface area contributed by atoms with E-state index in [1.807, 2.05) is 30.5 Å². The molecule has 0 bridgehead atoms. The first-order valence-electron chi connectivity index (χ1n) is 10.7. The fraction of sp³-hybridized carbons (Fsp3) is 0.200. The lowest BCUT2D eigenvalue weighted by Gasteiger charge is -2.12. The molecule has 0 spiro atoms. The lowest BCUT2D eigenvalue weighted by atomic mass is 10.0. The highest BCUT2D eigenvalue weighted by Gasteiger charge is 2.24. The van der Waals surface area contributed by atoms with E-state index in [4.69, 9.17) is 22.1 Å². The van der Waals surface area contributed by atoms with Crippen molar-refractivity contribution >= 4 is 34.8 Å². The zero-order valence-corrected chi connectivity index (χ0v) is 20.5. The zero-order valence-electron chi connectivity index (χ0n) is 19.0. The minimum atomic E-state index is -0.859. The first-order chi connectivity index (χ1) is 16.3. The molecular weight excluding hydrogens is 472 g/mol. The van der Waals surface area contributed by atoms with Gasteiger partial charge in [-0.05, 0) is 61.7 Å². The van der Waals surface area contributed by atoms with Crippen LogP contribution in [0.4, 0.5) is 4.79 Å². The lowest BCUT2D eigenvalue weighted by Crippen LogP contribution is -2.16. The van der Waals surface area contributed by atoms with Crippen molar-refractivity contribution in [3.63, 3.8) is 0 Å². The highest BCUT2D eigenvalue weighted by molar-refractivity contribution is 7.15. The molecular formula is C25H23ClN4O3S. The van der Waals surface area contributed by atoms with E-state index in [0.717, 1.165) is 27.4 Å². The normalized spacial score (nSPS) is 10.9. The molecule has 2 heterocycles. The number of aryl methyl sites for hydroxylation is 3. The molecule has 4 rings (SSSR count). The van der Waals surface area contributed by atoms with Gasteiger partial charge in [0.2, 0.25) is 0 Å². The van der Waals surface area contributed by atoms with E-state index in [1.165, 1.54) is 0 Å². The standard InChI is InChI=1S/C25H23ClN4O3S/c1-4-18-13-20(23(31)19-7-5-6-8-21(19)26)24(34-18)30-15(3)28-29-22(30)12-16-9-10-17(11-14(16)2)33-25(27)32/h5-11,13H,4,12H2,1-3H3,(H2,27,32). The van der Waals surface area contributed by atoms with E-state index in [1.54, 1.807) is 47.7 Å². The Balaban J connectivity index is 1.76. The number of rotatable bonds is 7. The number of hydrogen-bond acceptors (Lipinski definition) is 6. The predicted octanol–water partition coefficient (Wildman–Crippen LogP) is 5.44. The Kier molecular flexibility index (Phi) is 6.81. The summed E-state index contributed by atoms with van der Waals surface area (Å²) in [5, 5.41) is 9.88. The summed E-state index contributed by atoms with van der Waals surface area (Å²) in [5.74, 6) is 1.62. The summed E-state index contributed by atoms with van der Waals surface area (Å²) in [5.41, 5.74) is 8.04. The van der Waals surface area contributed by atoms with E-state index in [2.05, 4.69) is 17.1 Å². The molecule has 0 aliphatic rings. The van der Waals surface area contributed by atoms with E-state index in [0.29, 0.717) is 40.0 Å². The number of primary amides is 1. The summed E-state index contributed by atoms with van der Waals surface area (Å²) in [7, 11) is 0. The van der Waals surface area contributed by atoms with Crippen molar-refractivity contribution in [1.29, 1.82) is 0 Å². The highest BCUT2D eigenvalue weighted by atomic mass is 35.5. The number of nitrogens with zero attached hydrogens (tertiary/aromatic N) is 3. The van der Waals surface area contributed by atoms with Gasteiger partial charge in [0.1, 0.15) is 22.4 Å². The van der Waals surface area contributed by atoms with E-state index >= 15 is 0 Å². The maximum absolute atomic E-state index is 13.5. The topological polar surface area (TPSA) is 100 Å². The quantitative estimate of drug-likeness (QED) is 0.345. The van der Waals surface area contributed by atoms with Crippen molar-refractivity contribution in [3.8, 4) is 10.8 Å². The second-order valence-corrected chi connectivity index (χ2v) is 9.30. The molecule has 0 fully saturated rings. The molecule has 0 saturated heterocycles. The number of thiophene rings is 1. The fourth-order valence-electron chi connectivity index (χ4n) is 3.73. The third kappa shape index (κ3) is 4.73. The molecule has 174 valence electrons. The molecule has 0 aliphatic carbocycles. The van der Waals surface area contributed by atoms with Gasteiger partial charge in [-0.1, -0.05) is 36.7 Å². The van der Waals surface area contributed by atoms with Gasteiger partial charge in [-0.25, -0.2) is 4.79 Å². The van der Waals surface area contributed by atoms with Crippen LogP contribution in [0.25, 0.3) is 5.00 Å². The second-order valence-electron chi connectivity index (χ2n) is 7.78. The van der Waals surface area contributed by atoms with Gasteiger partial charge in [0.15, 0.2) is 5.78 Å². The minimum absolute atomic E-state index is 0.139. The monoisotopic (exact) mass is 494 g/mol. The molecule has 9 heteroatoms. The van der Waals surface area contributed by atoms with E-state index in [9.17, 15) is 9.59 Å². The number of halogens is 1. The summed E-state index contributed by atoms with van der Waals surface area (Å²) < 4.78 is 6.90. The van der Waals surface area contributed by atoms with Gasteiger partial charge in [0.05, 0.1) is 10.6 Å². The van der Waals surface area contributed by atoms with Crippen LogP contribution in [0.3, 0.4) is 0 Å². The first-order valence-corrected chi connectivity index (χ1v) is 11.9. The number of benzene rings is 2. The number of nitrogens with two attached hydrogens (primary N) is 1. The molecule has 2 N–H and O–H groups in total.